The van der Waals surface area contributed by atoms with E-state index < -0.39 is 5.97 Å². The molecule has 1 saturated heterocycles. The summed E-state index contributed by atoms with van der Waals surface area (Å²) in [6.07, 6.45) is 7.68. The predicted octanol–water partition coefficient (Wildman–Crippen LogP) is 3.41. The highest BCUT2D eigenvalue weighted by atomic mass is 16.4. The van der Waals surface area contributed by atoms with Gasteiger partial charge in [0.2, 0.25) is 0 Å². The number of rotatable bonds is 4. The van der Waals surface area contributed by atoms with Crippen LogP contribution in [0.4, 0.5) is 4.79 Å². The van der Waals surface area contributed by atoms with Crippen molar-refractivity contribution in [3.05, 3.63) is 12.7 Å². The average Bonchev–Trinajstić information content (AvgIpc) is 2.49. The topological polar surface area (TPSA) is 69.6 Å². The van der Waals surface area contributed by atoms with Gasteiger partial charge in [0.1, 0.15) is 0 Å². The molecule has 5 nitrogen and oxygen atoms in total. The summed E-state index contributed by atoms with van der Waals surface area (Å²) < 4.78 is 0. The van der Waals surface area contributed by atoms with E-state index in [0.29, 0.717) is 12.8 Å². The van der Waals surface area contributed by atoms with Crippen molar-refractivity contribution in [3.8, 4) is 0 Å². The summed E-state index contributed by atoms with van der Waals surface area (Å²) in [5.41, 5.74) is 0.102. The minimum Gasteiger partial charge on any atom is -0.481 e. The SMILES string of the molecule is C=CCC1N(C(=O)NC2CCC(C(=O)O)CC2)CCCC1(C)C. The van der Waals surface area contributed by atoms with Gasteiger partial charge in [-0.1, -0.05) is 19.9 Å². The van der Waals surface area contributed by atoms with Gasteiger partial charge in [-0.15, -0.1) is 6.58 Å². The Hall–Kier alpha value is -1.52. The van der Waals surface area contributed by atoms with Crippen LogP contribution in [-0.4, -0.2) is 40.6 Å². The number of nitrogens with zero attached hydrogens (tertiary/aromatic N) is 1. The third-order valence-electron chi connectivity index (χ3n) is 5.55. The van der Waals surface area contributed by atoms with Gasteiger partial charge in [-0.3, -0.25) is 4.79 Å². The van der Waals surface area contributed by atoms with Crippen LogP contribution in [0.1, 0.15) is 58.8 Å². The van der Waals surface area contributed by atoms with Gasteiger partial charge in [0.25, 0.3) is 0 Å². The van der Waals surface area contributed by atoms with E-state index >= 15 is 0 Å². The van der Waals surface area contributed by atoms with Gasteiger partial charge >= 0.3 is 12.0 Å². The molecule has 2 aliphatic rings. The van der Waals surface area contributed by atoms with Crippen LogP contribution < -0.4 is 5.32 Å². The molecule has 130 valence electrons. The lowest BCUT2D eigenvalue weighted by Gasteiger charge is -2.46. The first kappa shape index (κ1) is 17.8. The first-order chi connectivity index (χ1) is 10.8. The number of hydrogen-bond acceptors (Lipinski definition) is 2. The number of piperidine rings is 1. The Morgan fingerprint density at radius 3 is 2.52 bits per heavy atom. The van der Waals surface area contributed by atoms with Crippen LogP contribution in [0.3, 0.4) is 0 Å². The molecule has 0 bridgehead atoms. The highest BCUT2D eigenvalue weighted by Gasteiger charge is 2.39. The molecule has 1 saturated carbocycles. The number of carbonyl (C=O) groups is 2. The highest BCUT2D eigenvalue weighted by Crippen LogP contribution is 2.37. The summed E-state index contributed by atoms with van der Waals surface area (Å²) in [4.78, 5) is 25.7. The quantitative estimate of drug-likeness (QED) is 0.779. The molecule has 5 heteroatoms. The summed E-state index contributed by atoms with van der Waals surface area (Å²) in [6, 6.07) is 0.292. The summed E-state index contributed by atoms with van der Waals surface area (Å²) in [6.45, 7) is 9.07. The zero-order valence-corrected chi connectivity index (χ0v) is 14.4. The second-order valence-corrected chi connectivity index (χ2v) is 7.66. The Morgan fingerprint density at radius 1 is 1.30 bits per heavy atom. The highest BCUT2D eigenvalue weighted by molar-refractivity contribution is 5.75. The van der Waals surface area contributed by atoms with Crippen LogP contribution in [-0.2, 0) is 4.79 Å². The third kappa shape index (κ3) is 4.27. The Balaban J connectivity index is 1.94. The molecular formula is C18H30N2O3. The van der Waals surface area contributed by atoms with E-state index in [1.165, 1.54) is 0 Å². The van der Waals surface area contributed by atoms with Gasteiger partial charge in [-0.25, -0.2) is 4.79 Å². The van der Waals surface area contributed by atoms with Crippen molar-refractivity contribution in [3.63, 3.8) is 0 Å². The fraction of sp³-hybridized carbons (Fsp3) is 0.778. The van der Waals surface area contributed by atoms with Crippen molar-refractivity contribution >= 4 is 12.0 Å². The fourth-order valence-corrected chi connectivity index (χ4v) is 4.04. The maximum atomic E-state index is 12.7. The number of nitrogens with one attached hydrogen (secondary N) is 1. The molecule has 0 aromatic rings. The van der Waals surface area contributed by atoms with Crippen LogP contribution in [0, 0.1) is 11.3 Å². The molecule has 1 heterocycles. The van der Waals surface area contributed by atoms with E-state index in [1.54, 1.807) is 0 Å². The van der Waals surface area contributed by atoms with E-state index in [9.17, 15) is 9.59 Å². The van der Waals surface area contributed by atoms with Crippen molar-refractivity contribution < 1.29 is 14.7 Å². The Kier molecular flexibility index (Phi) is 5.71. The monoisotopic (exact) mass is 322 g/mol. The van der Waals surface area contributed by atoms with E-state index in [2.05, 4.69) is 25.7 Å². The van der Waals surface area contributed by atoms with Gasteiger partial charge in [0, 0.05) is 18.6 Å². The molecule has 23 heavy (non-hydrogen) atoms. The van der Waals surface area contributed by atoms with Crippen molar-refractivity contribution in [1.82, 2.24) is 10.2 Å². The predicted molar refractivity (Wildman–Crippen MR) is 90.2 cm³/mol. The second kappa shape index (κ2) is 7.37. The Morgan fingerprint density at radius 2 is 1.96 bits per heavy atom. The third-order valence-corrected chi connectivity index (χ3v) is 5.55. The molecule has 2 amide bonds. The minimum atomic E-state index is -0.710. The lowest BCUT2D eigenvalue weighted by Crippen LogP contribution is -2.56. The van der Waals surface area contributed by atoms with E-state index in [0.717, 1.165) is 38.6 Å². The van der Waals surface area contributed by atoms with Gasteiger partial charge in [0.05, 0.1) is 5.92 Å². The number of hydrogen-bond donors (Lipinski definition) is 2. The first-order valence-electron chi connectivity index (χ1n) is 8.76. The number of aliphatic carboxylic acids is 1. The molecule has 0 aromatic carbocycles. The smallest absolute Gasteiger partial charge is 0.317 e. The molecule has 1 unspecified atom stereocenters. The van der Waals surface area contributed by atoms with Crippen LogP contribution >= 0.6 is 0 Å². The zero-order chi connectivity index (χ0) is 17.0. The summed E-state index contributed by atoms with van der Waals surface area (Å²) in [5.74, 6) is -0.954. The zero-order valence-electron chi connectivity index (χ0n) is 14.4. The largest absolute Gasteiger partial charge is 0.481 e. The van der Waals surface area contributed by atoms with Crippen molar-refractivity contribution in [2.75, 3.05) is 6.54 Å². The number of likely N-dealkylation sites (tertiary alicyclic amines) is 1. The Bertz CT molecular complexity index is 453. The molecule has 1 aliphatic carbocycles. The van der Waals surface area contributed by atoms with Gasteiger partial charge in [-0.05, 0) is 50.4 Å². The molecule has 2 rings (SSSR count). The Labute approximate surface area is 139 Å². The van der Waals surface area contributed by atoms with Crippen molar-refractivity contribution in [1.29, 1.82) is 0 Å². The fourth-order valence-electron chi connectivity index (χ4n) is 4.04. The second-order valence-electron chi connectivity index (χ2n) is 7.66. The molecule has 2 fully saturated rings. The summed E-state index contributed by atoms with van der Waals surface area (Å²) in [7, 11) is 0. The minimum absolute atomic E-state index is 0.00315. The van der Waals surface area contributed by atoms with Crippen LogP contribution in [0.5, 0.6) is 0 Å². The molecular weight excluding hydrogens is 292 g/mol. The van der Waals surface area contributed by atoms with Gasteiger partial charge < -0.3 is 15.3 Å². The molecule has 1 atom stereocenters. The molecule has 2 N–H and O–H groups in total. The van der Waals surface area contributed by atoms with Crippen molar-refractivity contribution in [2.24, 2.45) is 11.3 Å². The number of amides is 2. The van der Waals surface area contributed by atoms with Crippen LogP contribution in [0.2, 0.25) is 0 Å². The normalized spacial score (nSPS) is 30.5. The van der Waals surface area contributed by atoms with E-state index in [-0.39, 0.29) is 29.4 Å². The lowest BCUT2D eigenvalue weighted by atomic mass is 9.75. The standard InChI is InChI=1S/C18H30N2O3/c1-4-6-15-18(2,3)11-5-12-20(15)17(23)19-14-9-7-13(8-10-14)16(21)22/h4,13-15H,1,5-12H2,2-3H3,(H,19,23)(H,21,22). The van der Waals surface area contributed by atoms with Crippen molar-refractivity contribution in [2.45, 2.75) is 70.9 Å². The van der Waals surface area contributed by atoms with E-state index in [4.69, 9.17) is 5.11 Å². The van der Waals surface area contributed by atoms with E-state index in [1.807, 2.05) is 11.0 Å². The summed E-state index contributed by atoms with van der Waals surface area (Å²) in [5, 5.41) is 12.2. The molecule has 0 spiro atoms. The van der Waals surface area contributed by atoms with Gasteiger partial charge in [0.15, 0.2) is 0 Å². The molecule has 0 aromatic heterocycles. The number of carboxylic acids is 1. The molecule has 0 radical (unpaired) electrons. The summed E-state index contributed by atoms with van der Waals surface area (Å²) >= 11 is 0. The van der Waals surface area contributed by atoms with Crippen LogP contribution in [0.15, 0.2) is 12.7 Å². The maximum absolute atomic E-state index is 12.7. The number of carbonyl (C=O) groups excluding carboxylic acids is 1. The first-order valence-corrected chi connectivity index (χ1v) is 8.76. The number of carboxylic acid groups (broad SMARTS) is 1. The maximum Gasteiger partial charge on any atom is 0.317 e. The number of urea groups is 1. The molecule has 1 aliphatic heterocycles. The van der Waals surface area contributed by atoms with Crippen LogP contribution in [0.25, 0.3) is 0 Å². The van der Waals surface area contributed by atoms with Gasteiger partial charge in [-0.2, -0.15) is 0 Å². The average molecular weight is 322 g/mol. The lowest BCUT2D eigenvalue weighted by molar-refractivity contribution is -0.142.